The van der Waals surface area contributed by atoms with Gasteiger partial charge in [0.15, 0.2) is 0 Å². The molecule has 0 aliphatic heterocycles. The van der Waals surface area contributed by atoms with E-state index in [1.165, 1.54) is 186 Å². The molecule has 5 saturated carbocycles. The zero-order valence-corrected chi connectivity index (χ0v) is 29.7. The first-order valence-electron chi connectivity index (χ1n) is 19.8. The standard InChI is InChI=1S/C40H70Cl2/c1-3-5-7-9-11-13-32-15-19-34(20-16-32)36-23-27-38(28-24-36)31-39(40(38,41)42)29-25-37(26-30-39)35-21-17-33(18-22-35)14-12-10-8-6-4-2/h32-37H,3-31H2,1-2H3/t32-,33-,34-,35-,36?,37?,38?,39?. The van der Waals surface area contributed by atoms with Crippen LogP contribution in [0.2, 0.25) is 0 Å². The van der Waals surface area contributed by atoms with E-state index in [-0.39, 0.29) is 10.8 Å². The van der Waals surface area contributed by atoms with Crippen molar-refractivity contribution in [1.29, 1.82) is 0 Å². The van der Waals surface area contributed by atoms with Crippen LogP contribution in [0, 0.1) is 46.3 Å². The number of rotatable bonds is 14. The number of alkyl halides is 2. The summed E-state index contributed by atoms with van der Waals surface area (Å²) in [7, 11) is 0. The average molecular weight is 622 g/mol. The number of unbranched alkanes of at least 4 members (excludes halogenated alkanes) is 8. The molecule has 2 spiro atoms. The molecule has 0 aromatic rings. The maximum absolute atomic E-state index is 7.51. The fourth-order valence-corrected chi connectivity index (χ4v) is 12.6. The second-order valence-corrected chi connectivity index (χ2v) is 18.3. The molecule has 0 nitrogen and oxygen atoms in total. The molecule has 5 rings (SSSR count). The maximum atomic E-state index is 7.51. The third-order valence-corrected chi connectivity index (χ3v) is 16.1. The predicted molar refractivity (Wildman–Crippen MR) is 185 cm³/mol. The van der Waals surface area contributed by atoms with Crippen molar-refractivity contribution in [2.24, 2.45) is 46.3 Å². The van der Waals surface area contributed by atoms with E-state index in [0.29, 0.717) is 0 Å². The summed E-state index contributed by atoms with van der Waals surface area (Å²) in [6.45, 7) is 4.65. The molecule has 0 N–H and O–H groups in total. The molecule has 2 heteroatoms. The Kier molecular flexibility index (Phi) is 12.9. The lowest BCUT2D eigenvalue weighted by Gasteiger charge is -2.69. The van der Waals surface area contributed by atoms with Crippen LogP contribution in [0.5, 0.6) is 0 Å². The summed E-state index contributed by atoms with van der Waals surface area (Å²) < 4.78 is -0.458. The molecule has 0 aromatic carbocycles. The van der Waals surface area contributed by atoms with Gasteiger partial charge in [0.05, 0.1) is 0 Å². The van der Waals surface area contributed by atoms with E-state index in [0.717, 1.165) is 35.5 Å². The maximum Gasteiger partial charge on any atom is 0.129 e. The average Bonchev–Trinajstić information content (AvgIpc) is 3.02. The van der Waals surface area contributed by atoms with Crippen molar-refractivity contribution in [2.45, 2.75) is 204 Å². The molecule has 244 valence electrons. The molecule has 0 amide bonds. The summed E-state index contributed by atoms with van der Waals surface area (Å²) in [5.41, 5.74) is 0.481. The van der Waals surface area contributed by atoms with Gasteiger partial charge in [0.1, 0.15) is 4.33 Å². The Bertz CT molecular complexity index is 693. The first kappa shape index (κ1) is 33.9. The Morgan fingerprint density at radius 2 is 0.762 bits per heavy atom. The molecule has 5 aliphatic carbocycles. The summed E-state index contributed by atoms with van der Waals surface area (Å²) in [6, 6.07) is 0. The minimum Gasteiger partial charge on any atom is -0.100 e. The zero-order chi connectivity index (χ0) is 29.5. The van der Waals surface area contributed by atoms with Crippen LogP contribution in [0.25, 0.3) is 0 Å². The largest absolute Gasteiger partial charge is 0.129 e. The normalized spacial score (nSPS) is 40.3. The van der Waals surface area contributed by atoms with Crippen molar-refractivity contribution in [3.63, 3.8) is 0 Å². The fraction of sp³-hybridized carbons (Fsp3) is 1.00. The summed E-state index contributed by atoms with van der Waals surface area (Å²) in [4.78, 5) is 0. The Hall–Kier alpha value is 0.580. The molecule has 0 heterocycles. The first-order chi connectivity index (χ1) is 20.4. The second-order valence-electron chi connectivity index (χ2n) is 17.0. The molecule has 0 unspecified atom stereocenters. The van der Waals surface area contributed by atoms with Crippen molar-refractivity contribution in [3.05, 3.63) is 0 Å². The molecule has 5 fully saturated rings. The van der Waals surface area contributed by atoms with Gasteiger partial charge in [-0.2, -0.15) is 0 Å². The number of hydrogen-bond donors (Lipinski definition) is 0. The summed E-state index contributed by atoms with van der Waals surface area (Å²) in [5, 5.41) is 0. The lowest BCUT2D eigenvalue weighted by atomic mass is 9.42. The lowest BCUT2D eigenvalue weighted by molar-refractivity contribution is -0.122. The van der Waals surface area contributed by atoms with Crippen LogP contribution in [0.1, 0.15) is 200 Å². The van der Waals surface area contributed by atoms with Crippen LogP contribution in [-0.4, -0.2) is 4.33 Å². The van der Waals surface area contributed by atoms with Gasteiger partial charge >= 0.3 is 0 Å². The van der Waals surface area contributed by atoms with E-state index in [1.807, 2.05) is 0 Å². The zero-order valence-electron chi connectivity index (χ0n) is 28.2. The third-order valence-electron chi connectivity index (χ3n) is 14.5. The molecular weight excluding hydrogens is 551 g/mol. The molecular formula is C40H70Cl2. The molecule has 0 aromatic heterocycles. The molecule has 0 atom stereocenters. The summed E-state index contributed by atoms with van der Waals surface area (Å²) in [5.74, 6) is 5.99. The highest BCUT2D eigenvalue weighted by Crippen LogP contribution is 2.77. The van der Waals surface area contributed by atoms with E-state index < -0.39 is 4.33 Å². The van der Waals surface area contributed by atoms with Crippen LogP contribution in [-0.2, 0) is 0 Å². The van der Waals surface area contributed by atoms with E-state index in [2.05, 4.69) is 13.8 Å². The van der Waals surface area contributed by atoms with Gasteiger partial charge in [0.25, 0.3) is 0 Å². The van der Waals surface area contributed by atoms with Crippen molar-refractivity contribution in [1.82, 2.24) is 0 Å². The van der Waals surface area contributed by atoms with Crippen molar-refractivity contribution < 1.29 is 0 Å². The lowest BCUT2D eigenvalue weighted by Crippen LogP contribution is -2.66. The topological polar surface area (TPSA) is 0 Å². The third kappa shape index (κ3) is 7.75. The Morgan fingerprint density at radius 3 is 1.10 bits per heavy atom. The van der Waals surface area contributed by atoms with Gasteiger partial charge in [-0.15, -0.1) is 23.2 Å². The second kappa shape index (κ2) is 15.9. The highest BCUT2D eigenvalue weighted by molar-refractivity contribution is 6.50. The van der Waals surface area contributed by atoms with Crippen molar-refractivity contribution in [3.8, 4) is 0 Å². The van der Waals surface area contributed by atoms with Crippen LogP contribution < -0.4 is 0 Å². The van der Waals surface area contributed by atoms with Gasteiger partial charge in [-0.25, -0.2) is 0 Å². The summed E-state index contributed by atoms with van der Waals surface area (Å²) in [6.07, 6.45) is 41.8. The van der Waals surface area contributed by atoms with Gasteiger partial charge in [-0.3, -0.25) is 0 Å². The summed E-state index contributed by atoms with van der Waals surface area (Å²) >= 11 is 15.0. The van der Waals surface area contributed by atoms with Crippen LogP contribution in [0.15, 0.2) is 0 Å². The molecule has 0 radical (unpaired) electrons. The number of hydrogen-bond acceptors (Lipinski definition) is 0. The quantitative estimate of drug-likeness (QED) is 0.134. The Labute approximate surface area is 273 Å². The first-order valence-corrected chi connectivity index (χ1v) is 20.6. The monoisotopic (exact) mass is 620 g/mol. The minimum atomic E-state index is -0.458. The Balaban J connectivity index is 0.990. The predicted octanol–water partition coefficient (Wildman–Crippen LogP) is 14.3. The fourth-order valence-electron chi connectivity index (χ4n) is 11.6. The number of halogens is 2. The molecule has 0 bridgehead atoms. The van der Waals surface area contributed by atoms with Gasteiger partial charge in [-0.1, -0.05) is 117 Å². The van der Waals surface area contributed by atoms with Crippen LogP contribution in [0.4, 0.5) is 0 Å². The van der Waals surface area contributed by atoms with Gasteiger partial charge < -0.3 is 0 Å². The van der Waals surface area contributed by atoms with Gasteiger partial charge in [0, 0.05) is 10.8 Å². The molecule has 5 aliphatic rings. The highest BCUT2D eigenvalue weighted by Gasteiger charge is 2.72. The van der Waals surface area contributed by atoms with Crippen LogP contribution in [0.3, 0.4) is 0 Å². The van der Waals surface area contributed by atoms with E-state index >= 15 is 0 Å². The van der Waals surface area contributed by atoms with Gasteiger partial charge in [-0.05, 0) is 119 Å². The highest BCUT2D eigenvalue weighted by atomic mass is 35.5. The van der Waals surface area contributed by atoms with Gasteiger partial charge in [0.2, 0.25) is 0 Å². The van der Waals surface area contributed by atoms with E-state index in [9.17, 15) is 0 Å². The molecule has 0 saturated heterocycles. The van der Waals surface area contributed by atoms with E-state index in [1.54, 1.807) is 0 Å². The smallest absolute Gasteiger partial charge is 0.100 e. The molecule has 42 heavy (non-hydrogen) atoms. The van der Waals surface area contributed by atoms with Crippen molar-refractivity contribution >= 4 is 23.2 Å². The van der Waals surface area contributed by atoms with E-state index in [4.69, 9.17) is 23.2 Å². The Morgan fingerprint density at radius 1 is 0.429 bits per heavy atom. The van der Waals surface area contributed by atoms with Crippen LogP contribution >= 0.6 is 23.2 Å². The SMILES string of the molecule is CCCCCCC[C@H]1CC[C@H](C2CCC3(CC2)CC2(CCC([C@H]4CC[C@H](CCCCCCC)CC4)CC2)C3(Cl)Cl)CC1. The minimum absolute atomic E-state index is 0.240. The van der Waals surface area contributed by atoms with Crippen molar-refractivity contribution in [2.75, 3.05) is 0 Å².